The average Bonchev–Trinajstić information content (AvgIpc) is 3.54. The van der Waals surface area contributed by atoms with Crippen molar-refractivity contribution in [1.29, 1.82) is 0 Å². The second-order valence-corrected chi connectivity index (χ2v) is 16.0. The number of Topliss-reactive ketones (excluding diaryl/α,β-unsaturated/α-hetero) is 1. The van der Waals surface area contributed by atoms with E-state index in [4.69, 9.17) is 9.47 Å². The van der Waals surface area contributed by atoms with Crippen LogP contribution in [0.3, 0.4) is 0 Å². The third-order valence-electron chi connectivity index (χ3n) is 9.13. The number of ether oxygens (including phenoxy) is 2. The number of aromatic nitrogens is 1. The number of carbonyl (C=O) groups is 5. The molecule has 11 heteroatoms. The molecule has 1 aromatic carbocycles. The van der Waals surface area contributed by atoms with Crippen LogP contribution in [0.15, 0.2) is 35.7 Å². The molecule has 1 heterocycles. The van der Waals surface area contributed by atoms with Crippen molar-refractivity contribution in [2.24, 2.45) is 29.1 Å². The van der Waals surface area contributed by atoms with Crippen molar-refractivity contribution in [1.82, 2.24) is 15.2 Å². The summed E-state index contributed by atoms with van der Waals surface area (Å²) in [6.45, 7) is 17.2. The fraction of sp³-hybridized carbons (Fsp3) is 0.641. The summed E-state index contributed by atoms with van der Waals surface area (Å²) in [6.07, 6.45) is 1.69. The topological polar surface area (TPSA) is 132 Å². The number of amides is 2. The van der Waals surface area contributed by atoms with Crippen LogP contribution in [-0.2, 0) is 35.1 Å². The number of rotatable bonds is 19. The number of esters is 2. The van der Waals surface area contributed by atoms with Gasteiger partial charge in [-0.1, -0.05) is 92.1 Å². The molecular weight excluding hydrogens is 655 g/mol. The van der Waals surface area contributed by atoms with Crippen LogP contribution in [0.25, 0.3) is 0 Å². The third-order valence-corrected chi connectivity index (χ3v) is 10.1. The molecule has 0 saturated carbocycles. The highest BCUT2D eigenvalue weighted by Gasteiger charge is 2.36. The number of hydrogen-bond acceptors (Lipinski definition) is 9. The number of ketones is 1. The maximum atomic E-state index is 14.1. The molecule has 0 saturated heterocycles. The fourth-order valence-electron chi connectivity index (χ4n) is 6.26. The molecule has 1 aromatic heterocycles. The second-order valence-electron chi connectivity index (χ2n) is 15.2. The molecule has 1 N–H and O–H groups in total. The van der Waals surface area contributed by atoms with Gasteiger partial charge in [0.15, 0.2) is 6.10 Å². The van der Waals surface area contributed by atoms with Gasteiger partial charge in [-0.25, -0.2) is 4.98 Å². The molecule has 0 bridgehead atoms. The summed E-state index contributed by atoms with van der Waals surface area (Å²) < 4.78 is 10.7. The molecule has 0 aliphatic carbocycles. The highest BCUT2D eigenvalue weighted by molar-refractivity contribution is 7.09. The normalized spacial score (nSPS) is 15.3. The van der Waals surface area contributed by atoms with Crippen molar-refractivity contribution in [2.45, 2.75) is 119 Å². The molecule has 0 unspecified atom stereocenters. The number of benzene rings is 1. The van der Waals surface area contributed by atoms with Crippen molar-refractivity contribution in [2.75, 3.05) is 14.2 Å². The van der Waals surface area contributed by atoms with Crippen molar-refractivity contribution in [3.05, 3.63) is 52.0 Å². The van der Waals surface area contributed by atoms with E-state index in [1.807, 2.05) is 78.8 Å². The minimum atomic E-state index is -0.800. The second kappa shape index (κ2) is 19.7. The summed E-state index contributed by atoms with van der Waals surface area (Å²) in [6, 6.07) is 8.99. The van der Waals surface area contributed by atoms with Crippen LogP contribution in [0.1, 0.15) is 122 Å². The molecule has 50 heavy (non-hydrogen) atoms. The lowest BCUT2D eigenvalue weighted by atomic mass is 9.81. The standard InChI is InChI=1S/C39H59N3O7S/c1-12-25(4)31(20-30(44)22-39(7,8)9)37(46)42(10)33(24(2)3)21-34(49-27(6)43)36-41-32(23-50-36)35(45)40-29(18-26(5)38(47)48-11)19-28-16-14-13-15-17-28/h13-17,23-26,29,31,33-34H,12,18-22H2,1-11H3,(H,40,45)/t25-,26-,29+,31-,33+,34+/m0/s1. The van der Waals surface area contributed by atoms with E-state index >= 15 is 0 Å². The van der Waals surface area contributed by atoms with E-state index in [1.165, 1.54) is 25.4 Å². The summed E-state index contributed by atoms with van der Waals surface area (Å²) in [5.41, 5.74) is 1.01. The fourth-order valence-corrected chi connectivity index (χ4v) is 7.10. The quantitative estimate of drug-likeness (QED) is 0.151. The minimum absolute atomic E-state index is 0.00676. The lowest BCUT2D eigenvalue weighted by Gasteiger charge is -2.36. The molecule has 0 aliphatic heterocycles. The maximum absolute atomic E-state index is 14.1. The highest BCUT2D eigenvalue weighted by Crippen LogP contribution is 2.33. The molecule has 0 radical (unpaired) electrons. The first-order valence-corrected chi connectivity index (χ1v) is 18.6. The van der Waals surface area contributed by atoms with Crippen molar-refractivity contribution < 1.29 is 33.4 Å². The molecule has 278 valence electrons. The van der Waals surface area contributed by atoms with Gasteiger partial charge in [0.1, 0.15) is 16.5 Å². The number of methoxy groups -OCH3 is 1. The zero-order valence-electron chi connectivity index (χ0n) is 31.9. The van der Waals surface area contributed by atoms with Crippen LogP contribution in [0.5, 0.6) is 0 Å². The van der Waals surface area contributed by atoms with Crippen molar-refractivity contribution in [3.63, 3.8) is 0 Å². The van der Waals surface area contributed by atoms with Gasteiger partial charge in [-0.2, -0.15) is 0 Å². The van der Waals surface area contributed by atoms with E-state index in [9.17, 15) is 24.0 Å². The zero-order valence-corrected chi connectivity index (χ0v) is 32.7. The zero-order chi connectivity index (χ0) is 37.8. The van der Waals surface area contributed by atoms with Gasteiger partial charge in [-0.15, -0.1) is 11.3 Å². The van der Waals surface area contributed by atoms with Gasteiger partial charge < -0.3 is 19.7 Å². The Hall–Kier alpha value is -3.60. The van der Waals surface area contributed by atoms with Crippen molar-refractivity contribution >= 4 is 40.9 Å². The predicted molar refractivity (Wildman–Crippen MR) is 196 cm³/mol. The lowest BCUT2D eigenvalue weighted by molar-refractivity contribution is -0.149. The van der Waals surface area contributed by atoms with Gasteiger partial charge in [0.2, 0.25) is 5.91 Å². The molecular formula is C39H59N3O7S. The number of thiazole rings is 1. The van der Waals surface area contributed by atoms with Gasteiger partial charge in [0, 0.05) is 56.6 Å². The van der Waals surface area contributed by atoms with E-state index in [2.05, 4.69) is 10.3 Å². The van der Waals surface area contributed by atoms with E-state index in [1.54, 1.807) is 24.3 Å². The van der Waals surface area contributed by atoms with Crippen LogP contribution in [0.4, 0.5) is 0 Å². The van der Waals surface area contributed by atoms with Crippen molar-refractivity contribution in [3.8, 4) is 0 Å². The average molecular weight is 714 g/mol. The molecule has 2 aromatic rings. The first kappa shape index (κ1) is 42.6. The maximum Gasteiger partial charge on any atom is 0.308 e. The van der Waals surface area contributed by atoms with E-state index in [0.29, 0.717) is 24.3 Å². The first-order valence-electron chi connectivity index (χ1n) is 17.7. The number of nitrogens with zero attached hydrogens (tertiary/aromatic N) is 2. The van der Waals surface area contributed by atoms with Crippen LogP contribution >= 0.6 is 11.3 Å². The molecule has 0 fully saturated rings. The predicted octanol–water partition coefficient (Wildman–Crippen LogP) is 7.22. The Morgan fingerprint density at radius 2 is 1.64 bits per heavy atom. The van der Waals surface area contributed by atoms with Crippen LogP contribution < -0.4 is 5.32 Å². The van der Waals surface area contributed by atoms with Gasteiger partial charge >= 0.3 is 11.9 Å². The van der Waals surface area contributed by atoms with Gasteiger partial charge in [0.05, 0.1) is 13.0 Å². The lowest BCUT2D eigenvalue weighted by Crippen LogP contribution is -2.46. The Labute approximate surface area is 303 Å². The number of nitrogens with one attached hydrogen (secondary N) is 1. The van der Waals surface area contributed by atoms with Crippen LogP contribution in [0.2, 0.25) is 0 Å². The van der Waals surface area contributed by atoms with E-state index in [0.717, 1.165) is 12.0 Å². The largest absolute Gasteiger partial charge is 0.469 e. The van der Waals surface area contributed by atoms with Gasteiger partial charge in [-0.05, 0) is 35.7 Å². The first-order chi connectivity index (χ1) is 23.4. The smallest absolute Gasteiger partial charge is 0.308 e. The highest BCUT2D eigenvalue weighted by atomic mass is 32.1. The molecule has 2 rings (SSSR count). The Morgan fingerprint density at radius 3 is 2.18 bits per heavy atom. The SMILES string of the molecule is CC[C@H](C)[C@H](CC(=O)CC(C)(C)C)C(=O)N(C)[C@H](C[C@@H](OC(C)=O)c1nc(C(=O)N[C@@H](Cc2ccccc2)C[C@H](C)C(=O)OC)cs1)C(C)C. The molecule has 6 atom stereocenters. The van der Waals surface area contributed by atoms with Crippen LogP contribution in [0, 0.1) is 29.1 Å². The Balaban J connectivity index is 2.32. The summed E-state index contributed by atoms with van der Waals surface area (Å²) in [7, 11) is 3.10. The number of hydrogen-bond donors (Lipinski definition) is 1. The molecule has 0 spiro atoms. The Kier molecular flexibility index (Phi) is 16.8. The Bertz CT molecular complexity index is 1420. The van der Waals surface area contributed by atoms with Crippen LogP contribution in [-0.4, -0.2) is 65.7 Å². The number of carbonyl (C=O) groups excluding carboxylic acids is 5. The monoisotopic (exact) mass is 713 g/mol. The summed E-state index contributed by atoms with van der Waals surface area (Å²) in [4.78, 5) is 71.5. The Morgan fingerprint density at radius 1 is 1.00 bits per heavy atom. The molecule has 2 amide bonds. The van der Waals surface area contributed by atoms with Gasteiger partial charge in [0.25, 0.3) is 5.91 Å². The summed E-state index contributed by atoms with van der Waals surface area (Å²) in [5.74, 6) is -2.20. The van der Waals surface area contributed by atoms with Gasteiger partial charge in [-0.3, -0.25) is 24.0 Å². The minimum Gasteiger partial charge on any atom is -0.469 e. The summed E-state index contributed by atoms with van der Waals surface area (Å²) in [5, 5.41) is 5.12. The van der Waals surface area contributed by atoms with E-state index < -0.39 is 29.8 Å². The third kappa shape index (κ3) is 13.6. The summed E-state index contributed by atoms with van der Waals surface area (Å²) >= 11 is 1.21. The molecule has 0 aliphatic rings. The molecule has 10 nitrogen and oxygen atoms in total. The van der Waals surface area contributed by atoms with E-state index in [-0.39, 0.29) is 65.5 Å².